The molecule has 0 amide bonds. The van der Waals surface area contributed by atoms with E-state index in [0.717, 1.165) is 22.5 Å². The van der Waals surface area contributed by atoms with Crippen LogP contribution in [0.25, 0.3) is 10.9 Å². The SMILES string of the molecule is FC(F)(F)c1ccccc1CCc1ccc2cc[nH]c2c1. The van der Waals surface area contributed by atoms with Crippen LogP contribution in [0.4, 0.5) is 13.2 Å². The Morgan fingerprint density at radius 3 is 2.52 bits per heavy atom. The Kier molecular flexibility index (Phi) is 3.45. The van der Waals surface area contributed by atoms with E-state index >= 15 is 0 Å². The Morgan fingerprint density at radius 1 is 0.905 bits per heavy atom. The minimum absolute atomic E-state index is 0.344. The average molecular weight is 289 g/mol. The number of hydrogen-bond donors (Lipinski definition) is 1. The molecule has 0 spiro atoms. The molecule has 0 radical (unpaired) electrons. The Labute approximate surface area is 120 Å². The lowest BCUT2D eigenvalue weighted by atomic mass is 9.99. The molecule has 0 aliphatic rings. The van der Waals surface area contributed by atoms with E-state index in [1.807, 2.05) is 30.5 Å². The largest absolute Gasteiger partial charge is 0.416 e. The van der Waals surface area contributed by atoms with Gasteiger partial charge in [0.2, 0.25) is 0 Å². The summed E-state index contributed by atoms with van der Waals surface area (Å²) < 4.78 is 38.8. The Hall–Kier alpha value is -2.23. The van der Waals surface area contributed by atoms with Gasteiger partial charge in [0.05, 0.1) is 5.56 Å². The zero-order chi connectivity index (χ0) is 14.9. The van der Waals surface area contributed by atoms with Crippen molar-refractivity contribution in [3.8, 4) is 0 Å². The van der Waals surface area contributed by atoms with E-state index in [9.17, 15) is 13.2 Å². The number of alkyl halides is 3. The highest BCUT2D eigenvalue weighted by Gasteiger charge is 2.32. The predicted molar refractivity (Wildman–Crippen MR) is 77.2 cm³/mol. The van der Waals surface area contributed by atoms with Crippen LogP contribution in [0.1, 0.15) is 16.7 Å². The molecule has 0 bridgehead atoms. The van der Waals surface area contributed by atoms with E-state index in [1.54, 1.807) is 12.1 Å². The number of hydrogen-bond acceptors (Lipinski definition) is 0. The van der Waals surface area contributed by atoms with Gasteiger partial charge < -0.3 is 4.98 Å². The summed E-state index contributed by atoms with van der Waals surface area (Å²) in [6, 6.07) is 13.7. The van der Waals surface area contributed by atoms with Crippen molar-refractivity contribution in [3.05, 3.63) is 71.4 Å². The number of aromatic nitrogens is 1. The first-order chi connectivity index (χ1) is 10.0. The second-order valence-corrected chi connectivity index (χ2v) is 5.05. The van der Waals surface area contributed by atoms with Gasteiger partial charge in [-0.1, -0.05) is 30.3 Å². The molecular weight excluding hydrogens is 275 g/mol. The summed E-state index contributed by atoms with van der Waals surface area (Å²) in [5.74, 6) is 0. The van der Waals surface area contributed by atoms with Crippen LogP contribution in [0.2, 0.25) is 0 Å². The van der Waals surface area contributed by atoms with Gasteiger partial charge in [0.15, 0.2) is 0 Å². The van der Waals surface area contributed by atoms with Crippen LogP contribution in [-0.2, 0) is 19.0 Å². The fourth-order valence-corrected chi connectivity index (χ4v) is 2.54. The van der Waals surface area contributed by atoms with E-state index in [4.69, 9.17) is 0 Å². The molecule has 0 saturated carbocycles. The summed E-state index contributed by atoms with van der Waals surface area (Å²) in [6.45, 7) is 0. The number of nitrogens with one attached hydrogen (secondary N) is 1. The van der Waals surface area contributed by atoms with Gasteiger partial charge in [-0.05, 0) is 47.6 Å². The van der Waals surface area contributed by atoms with E-state index < -0.39 is 11.7 Å². The second-order valence-electron chi connectivity index (χ2n) is 5.05. The van der Waals surface area contributed by atoms with Crippen LogP contribution >= 0.6 is 0 Å². The third kappa shape index (κ3) is 2.94. The molecule has 1 nitrogen and oxygen atoms in total. The van der Waals surface area contributed by atoms with Crippen molar-refractivity contribution >= 4 is 10.9 Å². The number of rotatable bonds is 3. The summed E-state index contributed by atoms with van der Waals surface area (Å²) in [7, 11) is 0. The predicted octanol–water partition coefficient (Wildman–Crippen LogP) is 4.97. The summed E-state index contributed by atoms with van der Waals surface area (Å²) in [4.78, 5) is 3.11. The Bertz CT molecular complexity index is 756. The maximum atomic E-state index is 12.9. The molecule has 0 aliphatic heterocycles. The standard InChI is InChI=1S/C17H14F3N/c18-17(19,20)15-4-2-1-3-13(15)7-5-12-6-8-14-9-10-21-16(14)11-12/h1-4,6,8-11,21H,5,7H2. The van der Waals surface area contributed by atoms with Crippen molar-refractivity contribution in [1.82, 2.24) is 4.98 Å². The summed E-state index contributed by atoms with van der Waals surface area (Å²) in [5.41, 5.74) is 1.85. The zero-order valence-electron chi connectivity index (χ0n) is 11.2. The van der Waals surface area contributed by atoms with E-state index in [0.29, 0.717) is 18.4 Å². The van der Waals surface area contributed by atoms with Crippen LogP contribution in [0, 0.1) is 0 Å². The first-order valence-corrected chi connectivity index (χ1v) is 6.75. The molecule has 4 heteroatoms. The van der Waals surface area contributed by atoms with Gasteiger partial charge in [-0.25, -0.2) is 0 Å². The van der Waals surface area contributed by atoms with Crippen LogP contribution in [0.15, 0.2) is 54.7 Å². The summed E-state index contributed by atoms with van der Waals surface area (Å²) in [6.07, 6.45) is -1.47. The van der Waals surface area contributed by atoms with Crippen molar-refractivity contribution in [1.29, 1.82) is 0 Å². The van der Waals surface area contributed by atoms with Gasteiger partial charge in [0, 0.05) is 11.7 Å². The van der Waals surface area contributed by atoms with Crippen molar-refractivity contribution in [2.24, 2.45) is 0 Å². The van der Waals surface area contributed by atoms with Crippen LogP contribution in [0.5, 0.6) is 0 Å². The maximum Gasteiger partial charge on any atom is 0.416 e. The molecule has 3 rings (SSSR count). The van der Waals surface area contributed by atoms with Crippen molar-refractivity contribution in [3.63, 3.8) is 0 Å². The van der Waals surface area contributed by atoms with E-state index in [-0.39, 0.29) is 0 Å². The topological polar surface area (TPSA) is 15.8 Å². The number of benzene rings is 2. The highest BCUT2D eigenvalue weighted by Crippen LogP contribution is 2.32. The molecule has 1 aromatic heterocycles. The van der Waals surface area contributed by atoms with Gasteiger partial charge in [-0.3, -0.25) is 0 Å². The molecule has 21 heavy (non-hydrogen) atoms. The van der Waals surface area contributed by atoms with E-state index in [1.165, 1.54) is 6.07 Å². The second kappa shape index (κ2) is 5.28. The first kappa shape index (κ1) is 13.7. The first-order valence-electron chi connectivity index (χ1n) is 6.75. The van der Waals surface area contributed by atoms with Crippen LogP contribution < -0.4 is 0 Å². The molecular formula is C17H14F3N. The van der Waals surface area contributed by atoms with Gasteiger partial charge in [-0.15, -0.1) is 0 Å². The molecule has 0 unspecified atom stereocenters. The minimum Gasteiger partial charge on any atom is -0.361 e. The zero-order valence-corrected chi connectivity index (χ0v) is 11.2. The van der Waals surface area contributed by atoms with Gasteiger partial charge in [0.25, 0.3) is 0 Å². The number of H-pyrrole nitrogens is 1. The number of aryl methyl sites for hydroxylation is 2. The maximum absolute atomic E-state index is 12.9. The molecule has 108 valence electrons. The monoisotopic (exact) mass is 289 g/mol. The smallest absolute Gasteiger partial charge is 0.361 e. The van der Waals surface area contributed by atoms with Gasteiger partial charge in [0.1, 0.15) is 0 Å². The highest BCUT2D eigenvalue weighted by molar-refractivity contribution is 5.79. The molecule has 3 aromatic rings. The van der Waals surface area contributed by atoms with Gasteiger partial charge in [-0.2, -0.15) is 13.2 Å². The number of halogens is 3. The summed E-state index contributed by atoms with van der Waals surface area (Å²) >= 11 is 0. The average Bonchev–Trinajstić information content (AvgIpc) is 2.92. The highest BCUT2D eigenvalue weighted by atomic mass is 19.4. The normalized spacial score (nSPS) is 12.0. The lowest BCUT2D eigenvalue weighted by Crippen LogP contribution is -2.09. The molecule has 2 aromatic carbocycles. The van der Waals surface area contributed by atoms with Crippen molar-refractivity contribution in [2.45, 2.75) is 19.0 Å². The van der Waals surface area contributed by atoms with Gasteiger partial charge >= 0.3 is 6.18 Å². The lowest BCUT2D eigenvalue weighted by molar-refractivity contribution is -0.138. The third-order valence-electron chi connectivity index (χ3n) is 3.63. The fourth-order valence-electron chi connectivity index (χ4n) is 2.54. The molecule has 0 aliphatic carbocycles. The van der Waals surface area contributed by atoms with Crippen molar-refractivity contribution in [2.75, 3.05) is 0 Å². The Morgan fingerprint density at radius 2 is 1.71 bits per heavy atom. The molecule has 1 N–H and O–H groups in total. The third-order valence-corrected chi connectivity index (χ3v) is 3.63. The molecule has 0 saturated heterocycles. The molecule has 1 heterocycles. The molecule has 0 fully saturated rings. The van der Waals surface area contributed by atoms with Crippen LogP contribution in [0.3, 0.4) is 0 Å². The number of aromatic amines is 1. The lowest BCUT2D eigenvalue weighted by Gasteiger charge is -2.12. The van der Waals surface area contributed by atoms with Crippen molar-refractivity contribution < 1.29 is 13.2 Å². The number of fused-ring (bicyclic) bond motifs is 1. The molecule has 0 atom stereocenters. The minimum atomic E-state index is -4.29. The van der Waals surface area contributed by atoms with E-state index in [2.05, 4.69) is 4.98 Å². The quantitative estimate of drug-likeness (QED) is 0.700. The summed E-state index contributed by atoms with van der Waals surface area (Å²) in [5, 5.41) is 1.11. The van der Waals surface area contributed by atoms with Crippen LogP contribution in [-0.4, -0.2) is 4.98 Å². The fraction of sp³-hybridized carbons (Fsp3) is 0.176. The Balaban J connectivity index is 1.81.